The molecule has 0 amide bonds. The number of halogens is 4. The first-order valence-electron chi connectivity index (χ1n) is 15.7. The summed E-state index contributed by atoms with van der Waals surface area (Å²) in [5, 5.41) is 0. The van der Waals surface area contributed by atoms with Crippen LogP contribution in [0.15, 0.2) is 178 Å². The quantitative estimate of drug-likeness (QED) is 0.0829. The molecule has 0 atom stereocenters. The third kappa shape index (κ3) is 21.8. The predicted octanol–water partition coefficient (Wildman–Crippen LogP) is 12.0. The normalized spacial score (nSPS) is 11.2. The van der Waals surface area contributed by atoms with Gasteiger partial charge < -0.3 is 9.98 Å². The van der Waals surface area contributed by atoms with Crippen LogP contribution in [0, 0.1) is 12.1 Å². The number of aliphatic imine (C=N–C) groups is 4. The monoisotopic (exact) mass is 1170 g/mol. The second kappa shape index (κ2) is 29.1. The predicted molar refractivity (Wildman–Crippen MR) is 220 cm³/mol. The van der Waals surface area contributed by atoms with Crippen LogP contribution in [0.2, 0.25) is 0 Å². The van der Waals surface area contributed by atoms with Crippen LogP contribution < -0.4 is 0 Å². The average Bonchev–Trinajstić information content (AvgIpc) is 3.17. The fourth-order valence-electron chi connectivity index (χ4n) is 3.98. The molecule has 0 radical (unpaired) electrons. The molecule has 260 valence electrons. The molecule has 0 aliphatic heterocycles. The van der Waals surface area contributed by atoms with E-state index in [2.05, 4.69) is 32.1 Å². The maximum absolute atomic E-state index is 5.01. The van der Waals surface area contributed by atoms with Gasteiger partial charge in [0.2, 0.25) is 0 Å². The van der Waals surface area contributed by atoms with Gasteiger partial charge in [-0.3, -0.25) is 9.98 Å². The Balaban J connectivity index is 0.000000301. The average molecular weight is 1180 g/mol. The van der Waals surface area contributed by atoms with Crippen molar-refractivity contribution >= 4 is 148 Å². The van der Waals surface area contributed by atoms with Gasteiger partial charge in [-0.25, -0.2) is 0 Å². The maximum Gasteiger partial charge on any atom is 2.00 e. The van der Waals surface area contributed by atoms with Gasteiger partial charge in [0.15, 0.2) is 0 Å². The Morgan fingerprint density at radius 2 is 0.673 bits per heavy atom. The number of rotatable bonds is 8. The second-order valence-electron chi connectivity index (χ2n) is 9.74. The van der Waals surface area contributed by atoms with E-state index in [-0.39, 0.29) is 21.1 Å². The van der Waals surface area contributed by atoms with Crippen molar-refractivity contribution in [3.05, 3.63) is 192 Å². The summed E-state index contributed by atoms with van der Waals surface area (Å²) in [6, 6.07) is 57.5. The Kier molecular flexibility index (Phi) is 26.8. The molecule has 0 aliphatic rings. The Hall–Kier alpha value is -0.191. The molecule has 52 heavy (non-hydrogen) atoms. The molecule has 0 fully saturated rings. The van der Waals surface area contributed by atoms with Crippen molar-refractivity contribution in [3.63, 3.8) is 0 Å². The van der Waals surface area contributed by atoms with Gasteiger partial charge in [0, 0.05) is 12.4 Å². The van der Waals surface area contributed by atoms with Gasteiger partial charge in [-0.1, -0.05) is 84.9 Å². The standard InChI is InChI=1S/C20H16N2.C20H14N2.4ClH.2K.2Pt/c2*1-3-9-17(10-4-1)15-21-19-13-7-8-14-20(19)22-16-18-11-5-2-6-12-18;;;;;;;;/h1-16H;1-9,11,13-16H;4*1H;;;;/q;-2;;;;;;;+2;+4/p-4. The number of benzene rings is 6. The summed E-state index contributed by atoms with van der Waals surface area (Å²) < 4.78 is 0. The summed E-state index contributed by atoms with van der Waals surface area (Å²) in [4.78, 5) is 18.1. The van der Waals surface area contributed by atoms with Crippen LogP contribution in [0.3, 0.4) is 0 Å². The molecule has 0 N–H and O–H groups in total. The first-order valence-corrected chi connectivity index (χ1v) is 43.0. The fraction of sp³-hybridized carbons (Fsp3) is 0. The molecular weight excluding hydrogens is 1150 g/mol. The minimum Gasteiger partial charge on any atom is -0.302 e. The van der Waals surface area contributed by atoms with E-state index in [9.17, 15) is 0 Å². The van der Waals surface area contributed by atoms with Gasteiger partial charge >= 0.3 is 134 Å². The molecule has 6 aromatic carbocycles. The Morgan fingerprint density at radius 1 is 0.404 bits per heavy atom. The molecule has 0 bridgehead atoms. The molecule has 12 heteroatoms. The van der Waals surface area contributed by atoms with Crippen LogP contribution in [-0.4, -0.2) is 88.0 Å². The molecule has 0 saturated carbocycles. The van der Waals surface area contributed by atoms with E-state index >= 15 is 0 Å². The molecule has 6 aromatic rings. The van der Waals surface area contributed by atoms with Crippen molar-refractivity contribution in [3.8, 4) is 0 Å². The van der Waals surface area contributed by atoms with E-state index in [1.54, 1.807) is 12.4 Å². The molecule has 0 heterocycles. The zero-order chi connectivity index (χ0) is 36.6. The smallest absolute Gasteiger partial charge is 0.302 e. The minimum atomic E-state index is -3.06. The van der Waals surface area contributed by atoms with Gasteiger partial charge in [-0.15, -0.1) is 71.8 Å². The summed E-state index contributed by atoms with van der Waals surface area (Å²) >= 11 is -0.556. The number of nitrogens with zero attached hydrogens (tertiary/aromatic N) is 4. The Bertz CT molecular complexity index is 1680. The van der Waals surface area contributed by atoms with Crippen molar-refractivity contribution in [1.82, 2.24) is 0 Å². The summed E-state index contributed by atoms with van der Waals surface area (Å²) in [5.74, 6) is 0. The molecule has 6 rings (SSSR count). The second-order valence-corrected chi connectivity index (χ2v) is 29.4. The fourth-order valence-corrected chi connectivity index (χ4v) is 3.98. The van der Waals surface area contributed by atoms with Crippen LogP contribution in [0.1, 0.15) is 22.3 Å². The van der Waals surface area contributed by atoms with Crippen molar-refractivity contribution in [1.29, 1.82) is 0 Å². The van der Waals surface area contributed by atoms with Crippen LogP contribution in [-0.2, 0) is 33.0 Å². The van der Waals surface area contributed by atoms with E-state index in [0.717, 1.165) is 45.0 Å². The molecule has 0 aromatic heterocycles. The van der Waals surface area contributed by atoms with Crippen molar-refractivity contribution in [2.45, 2.75) is 0 Å². The van der Waals surface area contributed by atoms with Gasteiger partial charge in [0.05, 0.1) is 22.7 Å². The van der Waals surface area contributed by atoms with Crippen molar-refractivity contribution in [2.24, 2.45) is 20.0 Å². The molecule has 0 aliphatic carbocycles. The van der Waals surface area contributed by atoms with Crippen molar-refractivity contribution in [2.75, 3.05) is 0 Å². The van der Waals surface area contributed by atoms with Crippen LogP contribution in [0.4, 0.5) is 22.7 Å². The van der Waals surface area contributed by atoms with E-state index in [0.29, 0.717) is 0 Å². The molecule has 4 nitrogen and oxygen atoms in total. The summed E-state index contributed by atoms with van der Waals surface area (Å²) in [6.07, 6.45) is 7.31. The van der Waals surface area contributed by atoms with E-state index in [1.807, 2.05) is 170 Å². The zero-order valence-corrected chi connectivity index (χ0v) is 42.1. The largest absolute Gasteiger partial charge is 2.00 e. The maximum atomic E-state index is 5.01. The third-order valence-electron chi connectivity index (χ3n) is 6.22. The molecular formula is C40H30Cl4K2N4Pt2. The summed E-state index contributed by atoms with van der Waals surface area (Å²) in [7, 11) is 20.0. The SMILES string of the molecule is C(=Nc1ccccc1N=Cc1ccccc1)c1ccccc1.[Cl][Pt]([Cl])([Cl])[Cl].[K][K].[Pt+2].[c-]1ccccc1C=Nc1ccccc1N=Cc1[c-]cccc1. The number of hydrogen-bond donors (Lipinski definition) is 0. The number of hydrogen-bond acceptors (Lipinski definition) is 4. The third-order valence-corrected chi connectivity index (χ3v) is 6.22. The zero-order valence-electron chi connectivity index (χ0n) is 28.3. The van der Waals surface area contributed by atoms with Crippen molar-refractivity contribution < 1.29 is 33.0 Å². The Labute approximate surface area is 385 Å². The van der Waals surface area contributed by atoms with Gasteiger partial charge in [0.1, 0.15) is 0 Å². The number of para-hydroxylation sites is 4. The Morgan fingerprint density at radius 3 is 0.962 bits per heavy atom. The van der Waals surface area contributed by atoms with E-state index in [1.165, 1.54) is 63.2 Å². The van der Waals surface area contributed by atoms with E-state index < -0.39 is 11.9 Å². The summed E-state index contributed by atoms with van der Waals surface area (Å²) in [5.41, 5.74) is 7.40. The summed E-state index contributed by atoms with van der Waals surface area (Å²) in [6.45, 7) is 0. The van der Waals surface area contributed by atoms with Crippen LogP contribution >= 0.6 is 37.7 Å². The first kappa shape index (κ1) is 48.0. The topological polar surface area (TPSA) is 49.4 Å². The minimum absolute atomic E-state index is 0. The van der Waals surface area contributed by atoms with Crippen LogP contribution in [0.5, 0.6) is 0 Å². The molecule has 0 saturated heterocycles. The van der Waals surface area contributed by atoms with E-state index in [4.69, 9.17) is 37.7 Å². The van der Waals surface area contributed by atoms with Gasteiger partial charge in [0.25, 0.3) is 0 Å². The molecule has 0 spiro atoms. The first-order chi connectivity index (χ1) is 24.8. The van der Waals surface area contributed by atoms with Gasteiger partial charge in [-0.05, 0) is 47.8 Å². The molecule has 0 unspecified atom stereocenters. The van der Waals surface area contributed by atoms with Gasteiger partial charge in [-0.2, -0.15) is 0 Å². The van der Waals surface area contributed by atoms with Crippen LogP contribution in [0.25, 0.3) is 0 Å².